The SMILES string of the molecule is N[C@@H](CCC(=O)OCC(CO)(CO)CO)C(=O)O. The summed E-state index contributed by atoms with van der Waals surface area (Å²) in [6.07, 6.45) is -0.260. The molecule has 0 aliphatic carbocycles. The van der Waals surface area contributed by atoms with Gasteiger partial charge in [-0.2, -0.15) is 0 Å². The van der Waals surface area contributed by atoms with Crippen molar-refractivity contribution in [2.45, 2.75) is 18.9 Å². The van der Waals surface area contributed by atoms with Gasteiger partial charge in [-0.3, -0.25) is 9.59 Å². The number of carbonyl (C=O) groups is 2. The Morgan fingerprint density at radius 1 is 1.17 bits per heavy atom. The second-order valence-electron chi connectivity index (χ2n) is 4.12. The quantitative estimate of drug-likeness (QED) is 0.292. The van der Waals surface area contributed by atoms with Crippen LogP contribution < -0.4 is 5.73 Å². The lowest BCUT2D eigenvalue weighted by molar-refractivity contribution is -0.151. The zero-order chi connectivity index (χ0) is 14.2. The first-order valence-corrected chi connectivity index (χ1v) is 5.37. The largest absolute Gasteiger partial charge is 0.480 e. The van der Waals surface area contributed by atoms with Crippen LogP contribution >= 0.6 is 0 Å². The predicted molar refractivity (Wildman–Crippen MR) is 59.5 cm³/mol. The Hall–Kier alpha value is -1.22. The molecule has 0 saturated carbocycles. The topological polar surface area (TPSA) is 150 Å². The van der Waals surface area contributed by atoms with E-state index in [9.17, 15) is 9.59 Å². The lowest BCUT2D eigenvalue weighted by Gasteiger charge is -2.26. The molecule has 6 N–H and O–H groups in total. The molecule has 0 fully saturated rings. The van der Waals surface area contributed by atoms with Gasteiger partial charge >= 0.3 is 11.9 Å². The number of ether oxygens (including phenoxy) is 1. The molecule has 0 heterocycles. The number of aliphatic hydroxyl groups excluding tert-OH is 3. The van der Waals surface area contributed by atoms with Crippen LogP contribution in [0.4, 0.5) is 0 Å². The number of hydrogen-bond donors (Lipinski definition) is 5. The van der Waals surface area contributed by atoms with Gasteiger partial charge in [0.25, 0.3) is 0 Å². The lowest BCUT2D eigenvalue weighted by atomic mass is 9.93. The second-order valence-corrected chi connectivity index (χ2v) is 4.12. The van der Waals surface area contributed by atoms with Crippen molar-refractivity contribution in [2.24, 2.45) is 11.1 Å². The highest BCUT2D eigenvalue weighted by molar-refractivity contribution is 5.75. The first kappa shape index (κ1) is 16.8. The number of carboxylic acid groups (broad SMARTS) is 1. The summed E-state index contributed by atoms with van der Waals surface area (Å²) in [5, 5.41) is 35.4. The van der Waals surface area contributed by atoms with E-state index in [2.05, 4.69) is 0 Å². The van der Waals surface area contributed by atoms with Gasteiger partial charge in [0.15, 0.2) is 0 Å². The van der Waals surface area contributed by atoms with Crippen molar-refractivity contribution in [2.75, 3.05) is 26.4 Å². The van der Waals surface area contributed by atoms with Crippen LogP contribution in [-0.2, 0) is 14.3 Å². The van der Waals surface area contributed by atoms with E-state index in [-0.39, 0.29) is 19.4 Å². The van der Waals surface area contributed by atoms with Crippen molar-refractivity contribution >= 4 is 11.9 Å². The van der Waals surface area contributed by atoms with Crippen LogP contribution in [0.3, 0.4) is 0 Å². The molecule has 0 aliphatic heterocycles. The minimum absolute atomic E-state index is 0.0709. The highest BCUT2D eigenvalue weighted by Crippen LogP contribution is 2.15. The van der Waals surface area contributed by atoms with Gasteiger partial charge < -0.3 is 30.9 Å². The molecule has 0 bridgehead atoms. The molecule has 1 atom stereocenters. The molecular weight excluding hydrogens is 246 g/mol. The van der Waals surface area contributed by atoms with E-state index in [1.807, 2.05) is 0 Å². The van der Waals surface area contributed by atoms with Crippen molar-refractivity contribution in [1.82, 2.24) is 0 Å². The monoisotopic (exact) mass is 265 g/mol. The molecule has 0 rings (SSSR count). The van der Waals surface area contributed by atoms with Crippen molar-refractivity contribution in [3.8, 4) is 0 Å². The molecule has 0 saturated heterocycles. The van der Waals surface area contributed by atoms with Gasteiger partial charge in [-0.25, -0.2) is 0 Å². The number of aliphatic carboxylic acids is 1. The number of rotatable bonds is 9. The van der Waals surface area contributed by atoms with E-state index < -0.39 is 43.2 Å². The molecule has 0 aromatic heterocycles. The summed E-state index contributed by atoms with van der Waals surface area (Å²) in [7, 11) is 0. The molecule has 8 nitrogen and oxygen atoms in total. The molecule has 0 aliphatic rings. The fourth-order valence-electron chi connectivity index (χ4n) is 0.990. The molecular formula is C10H19NO7. The van der Waals surface area contributed by atoms with Crippen LogP contribution in [0.15, 0.2) is 0 Å². The van der Waals surface area contributed by atoms with Gasteiger partial charge in [-0.15, -0.1) is 0 Å². The molecule has 106 valence electrons. The number of esters is 1. The second kappa shape index (κ2) is 7.98. The minimum Gasteiger partial charge on any atom is -0.480 e. The molecule has 0 spiro atoms. The fraction of sp³-hybridized carbons (Fsp3) is 0.800. The van der Waals surface area contributed by atoms with Crippen LogP contribution in [0.2, 0.25) is 0 Å². The Balaban J connectivity index is 4.06. The summed E-state index contributed by atoms with van der Waals surface area (Å²) in [5.41, 5.74) is 3.91. The molecule has 0 amide bonds. The Labute approximate surface area is 104 Å². The van der Waals surface area contributed by atoms with Crippen molar-refractivity contribution in [1.29, 1.82) is 0 Å². The third kappa shape index (κ3) is 5.41. The third-order valence-electron chi connectivity index (χ3n) is 2.52. The van der Waals surface area contributed by atoms with E-state index in [1.165, 1.54) is 0 Å². The Kier molecular flexibility index (Phi) is 7.44. The van der Waals surface area contributed by atoms with Gasteiger partial charge in [-0.05, 0) is 6.42 Å². The van der Waals surface area contributed by atoms with Gasteiger partial charge in [-0.1, -0.05) is 0 Å². The Morgan fingerprint density at radius 2 is 1.67 bits per heavy atom. The smallest absolute Gasteiger partial charge is 0.320 e. The van der Waals surface area contributed by atoms with Crippen molar-refractivity contribution < 1.29 is 34.8 Å². The molecule has 8 heteroatoms. The van der Waals surface area contributed by atoms with Crippen LogP contribution in [0.25, 0.3) is 0 Å². The van der Waals surface area contributed by atoms with E-state index in [4.69, 9.17) is 30.9 Å². The maximum atomic E-state index is 11.2. The molecule has 0 radical (unpaired) electrons. The fourth-order valence-corrected chi connectivity index (χ4v) is 0.990. The van der Waals surface area contributed by atoms with E-state index in [0.29, 0.717) is 0 Å². The van der Waals surface area contributed by atoms with Gasteiger partial charge in [0.1, 0.15) is 12.6 Å². The summed E-state index contributed by atoms with van der Waals surface area (Å²) >= 11 is 0. The van der Waals surface area contributed by atoms with E-state index >= 15 is 0 Å². The summed E-state index contributed by atoms with van der Waals surface area (Å²) in [6, 6.07) is -1.14. The third-order valence-corrected chi connectivity index (χ3v) is 2.52. The number of aliphatic hydroxyl groups is 3. The highest BCUT2D eigenvalue weighted by atomic mass is 16.5. The van der Waals surface area contributed by atoms with Gasteiger partial charge in [0.05, 0.1) is 25.2 Å². The maximum Gasteiger partial charge on any atom is 0.320 e. The predicted octanol–water partition coefficient (Wildman–Crippen LogP) is -2.31. The average molecular weight is 265 g/mol. The zero-order valence-electron chi connectivity index (χ0n) is 9.91. The standard InChI is InChI=1S/C10H19NO7/c11-7(9(16)17)1-2-8(15)18-6-10(3-12,4-13)5-14/h7,12-14H,1-6,11H2,(H,16,17)/t7-/m0/s1. The first-order valence-electron chi connectivity index (χ1n) is 5.37. The van der Waals surface area contributed by atoms with Crippen LogP contribution in [-0.4, -0.2) is 64.8 Å². The van der Waals surface area contributed by atoms with Crippen LogP contribution in [0.5, 0.6) is 0 Å². The summed E-state index contributed by atoms with van der Waals surface area (Å²) in [5.74, 6) is -1.91. The number of hydrogen-bond acceptors (Lipinski definition) is 7. The van der Waals surface area contributed by atoms with E-state index in [1.54, 1.807) is 0 Å². The average Bonchev–Trinajstić information content (AvgIpc) is 2.38. The Bertz CT molecular complexity index is 269. The normalized spacial score (nSPS) is 13.1. The highest BCUT2D eigenvalue weighted by Gasteiger charge is 2.30. The number of nitrogens with two attached hydrogens (primary N) is 1. The summed E-state index contributed by atoms with van der Waals surface area (Å²) in [4.78, 5) is 21.6. The van der Waals surface area contributed by atoms with Crippen LogP contribution in [0, 0.1) is 5.41 Å². The lowest BCUT2D eigenvalue weighted by Crippen LogP contribution is -2.39. The van der Waals surface area contributed by atoms with E-state index in [0.717, 1.165) is 0 Å². The number of carbonyl (C=O) groups excluding carboxylic acids is 1. The van der Waals surface area contributed by atoms with Crippen LogP contribution in [0.1, 0.15) is 12.8 Å². The van der Waals surface area contributed by atoms with Crippen molar-refractivity contribution in [3.05, 3.63) is 0 Å². The molecule has 0 aromatic rings. The minimum atomic E-state index is -1.29. The number of carboxylic acids is 1. The zero-order valence-corrected chi connectivity index (χ0v) is 9.91. The Morgan fingerprint density at radius 3 is 2.06 bits per heavy atom. The summed E-state index contributed by atoms with van der Waals surface area (Å²) in [6.45, 7) is -1.97. The summed E-state index contributed by atoms with van der Waals surface area (Å²) < 4.78 is 4.74. The maximum absolute atomic E-state index is 11.2. The van der Waals surface area contributed by atoms with Crippen molar-refractivity contribution in [3.63, 3.8) is 0 Å². The molecule has 0 aromatic carbocycles. The molecule has 18 heavy (non-hydrogen) atoms. The van der Waals surface area contributed by atoms with Gasteiger partial charge in [0.2, 0.25) is 0 Å². The van der Waals surface area contributed by atoms with Gasteiger partial charge in [0, 0.05) is 6.42 Å². The molecule has 0 unspecified atom stereocenters. The first-order chi connectivity index (χ1) is 8.40.